The third-order valence-electron chi connectivity index (χ3n) is 3.38. The van der Waals surface area contributed by atoms with Gasteiger partial charge in [0.25, 0.3) is 5.91 Å². The van der Waals surface area contributed by atoms with Crippen molar-refractivity contribution >= 4 is 29.2 Å². The van der Waals surface area contributed by atoms with E-state index in [1.54, 1.807) is 12.1 Å². The summed E-state index contributed by atoms with van der Waals surface area (Å²) in [5.41, 5.74) is 0.318. The molecule has 0 spiro atoms. The molecule has 10 heteroatoms. The molecule has 3 rings (SSSR count). The Labute approximate surface area is 156 Å². The van der Waals surface area contributed by atoms with E-state index in [-0.39, 0.29) is 0 Å². The first-order chi connectivity index (χ1) is 12.9. The zero-order valence-corrected chi connectivity index (χ0v) is 14.3. The molecular weight excluding hydrogens is 382 g/mol. The summed E-state index contributed by atoms with van der Waals surface area (Å²) in [5, 5.41) is 6.86. The van der Waals surface area contributed by atoms with E-state index < -0.39 is 35.7 Å². The normalized spacial score (nSPS) is 10.5. The Kier molecular flexibility index (Phi) is 5.41. The molecule has 1 N–H and O–H groups in total. The van der Waals surface area contributed by atoms with Crippen LogP contribution >= 0.6 is 11.6 Å². The molecular formula is C17H11ClF2N4O3. The Hall–Kier alpha value is -3.33. The van der Waals surface area contributed by atoms with Crippen molar-refractivity contribution in [3.8, 4) is 5.69 Å². The van der Waals surface area contributed by atoms with Crippen LogP contribution in [0, 0.1) is 11.6 Å². The summed E-state index contributed by atoms with van der Waals surface area (Å²) >= 11 is 5.95. The Morgan fingerprint density at radius 3 is 2.70 bits per heavy atom. The highest BCUT2D eigenvalue weighted by Crippen LogP contribution is 2.24. The van der Waals surface area contributed by atoms with E-state index in [9.17, 15) is 18.4 Å². The van der Waals surface area contributed by atoms with Gasteiger partial charge in [-0.2, -0.15) is 5.10 Å². The summed E-state index contributed by atoms with van der Waals surface area (Å²) in [6.45, 7) is -0.682. The van der Waals surface area contributed by atoms with E-state index >= 15 is 0 Å². The van der Waals surface area contributed by atoms with Crippen LogP contribution in [-0.2, 0) is 9.53 Å². The number of nitrogens with zero attached hydrogens (tertiary/aromatic N) is 3. The first-order valence-electron chi connectivity index (χ1n) is 7.50. The highest BCUT2D eigenvalue weighted by molar-refractivity contribution is 6.31. The molecule has 0 saturated heterocycles. The SMILES string of the molecule is O=C(COC(=O)c1ccc(F)cc1F)Nc1cc(Cl)ccc1-n1cncn1. The zero-order valence-electron chi connectivity index (χ0n) is 13.5. The summed E-state index contributed by atoms with van der Waals surface area (Å²) in [5.74, 6) is -3.69. The minimum absolute atomic E-state index is 0.307. The van der Waals surface area contributed by atoms with E-state index in [4.69, 9.17) is 16.3 Å². The molecule has 0 aliphatic carbocycles. The van der Waals surface area contributed by atoms with Gasteiger partial charge in [0.1, 0.15) is 24.3 Å². The quantitative estimate of drug-likeness (QED) is 0.674. The van der Waals surface area contributed by atoms with Crippen molar-refractivity contribution in [1.82, 2.24) is 14.8 Å². The molecule has 0 saturated carbocycles. The van der Waals surface area contributed by atoms with E-state index in [0.717, 1.165) is 12.1 Å². The van der Waals surface area contributed by atoms with E-state index in [2.05, 4.69) is 15.4 Å². The standard InChI is InChI=1S/C17H11ClF2N4O3/c18-10-1-4-15(24-9-21-8-22-24)14(5-10)23-16(25)7-27-17(26)12-3-2-11(19)6-13(12)20/h1-6,8-9H,7H2,(H,23,25). The number of carbonyl (C=O) groups excluding carboxylic acids is 2. The maximum absolute atomic E-state index is 13.6. The van der Waals surface area contributed by atoms with Crippen LogP contribution in [0.2, 0.25) is 5.02 Å². The molecule has 1 heterocycles. The minimum Gasteiger partial charge on any atom is -0.452 e. The number of esters is 1. The van der Waals surface area contributed by atoms with Gasteiger partial charge >= 0.3 is 5.97 Å². The Morgan fingerprint density at radius 1 is 1.19 bits per heavy atom. The fourth-order valence-corrected chi connectivity index (χ4v) is 2.36. The van der Waals surface area contributed by atoms with Gasteiger partial charge in [0.2, 0.25) is 0 Å². The van der Waals surface area contributed by atoms with Gasteiger partial charge in [-0.25, -0.2) is 23.2 Å². The molecule has 0 bridgehead atoms. The molecule has 3 aromatic rings. The number of halogens is 3. The lowest BCUT2D eigenvalue weighted by Crippen LogP contribution is -2.22. The smallest absolute Gasteiger partial charge is 0.341 e. The van der Waals surface area contributed by atoms with Crippen molar-refractivity contribution in [2.24, 2.45) is 0 Å². The molecule has 0 unspecified atom stereocenters. The second-order valence-corrected chi connectivity index (χ2v) is 5.69. The van der Waals surface area contributed by atoms with Crippen LogP contribution in [0.1, 0.15) is 10.4 Å². The van der Waals surface area contributed by atoms with Crippen LogP contribution < -0.4 is 5.32 Å². The van der Waals surface area contributed by atoms with Gasteiger partial charge in [0.05, 0.1) is 16.9 Å². The van der Waals surface area contributed by atoms with Crippen molar-refractivity contribution in [2.75, 3.05) is 11.9 Å². The average molecular weight is 393 g/mol. The monoisotopic (exact) mass is 392 g/mol. The summed E-state index contributed by atoms with van der Waals surface area (Å²) < 4.78 is 32.6. The summed E-state index contributed by atoms with van der Waals surface area (Å²) in [6, 6.07) is 7.10. The molecule has 1 amide bonds. The van der Waals surface area contributed by atoms with Gasteiger partial charge in [-0.05, 0) is 30.3 Å². The first kappa shape index (κ1) is 18.5. The highest BCUT2D eigenvalue weighted by Gasteiger charge is 2.16. The number of ether oxygens (including phenoxy) is 1. The van der Waals surface area contributed by atoms with Crippen LogP contribution in [0.4, 0.5) is 14.5 Å². The summed E-state index contributed by atoms with van der Waals surface area (Å²) in [4.78, 5) is 27.7. The lowest BCUT2D eigenvalue weighted by molar-refractivity contribution is -0.119. The zero-order chi connectivity index (χ0) is 19.4. The van der Waals surface area contributed by atoms with Crippen molar-refractivity contribution in [3.63, 3.8) is 0 Å². The third-order valence-corrected chi connectivity index (χ3v) is 3.62. The minimum atomic E-state index is -1.09. The molecule has 138 valence electrons. The predicted molar refractivity (Wildman–Crippen MR) is 91.6 cm³/mol. The van der Waals surface area contributed by atoms with Gasteiger partial charge in [0.15, 0.2) is 6.61 Å². The number of aromatic nitrogens is 3. The number of hydrogen-bond acceptors (Lipinski definition) is 5. The van der Waals surface area contributed by atoms with Crippen LogP contribution in [0.3, 0.4) is 0 Å². The number of benzene rings is 2. The molecule has 7 nitrogen and oxygen atoms in total. The largest absolute Gasteiger partial charge is 0.452 e. The molecule has 27 heavy (non-hydrogen) atoms. The fourth-order valence-electron chi connectivity index (χ4n) is 2.19. The van der Waals surface area contributed by atoms with Crippen molar-refractivity contribution in [1.29, 1.82) is 0 Å². The van der Waals surface area contributed by atoms with Gasteiger partial charge in [-0.3, -0.25) is 4.79 Å². The number of nitrogens with one attached hydrogen (secondary N) is 1. The van der Waals surface area contributed by atoms with Crippen LogP contribution in [0.5, 0.6) is 0 Å². The van der Waals surface area contributed by atoms with Crippen LogP contribution in [0.15, 0.2) is 49.1 Å². The second kappa shape index (κ2) is 7.92. The number of amides is 1. The van der Waals surface area contributed by atoms with Gasteiger partial charge in [-0.15, -0.1) is 0 Å². The number of hydrogen-bond donors (Lipinski definition) is 1. The molecule has 1 aromatic heterocycles. The van der Waals surface area contributed by atoms with Gasteiger partial charge < -0.3 is 10.1 Å². The van der Waals surface area contributed by atoms with Crippen molar-refractivity contribution in [3.05, 3.63) is 71.3 Å². The number of anilines is 1. The average Bonchev–Trinajstić information content (AvgIpc) is 3.14. The van der Waals surface area contributed by atoms with E-state index in [0.29, 0.717) is 22.5 Å². The Balaban J connectivity index is 1.68. The molecule has 0 aliphatic rings. The Bertz CT molecular complexity index is 996. The van der Waals surface area contributed by atoms with E-state index in [1.807, 2.05) is 0 Å². The van der Waals surface area contributed by atoms with Gasteiger partial charge in [-0.1, -0.05) is 11.6 Å². The van der Waals surface area contributed by atoms with Crippen molar-refractivity contribution in [2.45, 2.75) is 0 Å². The fraction of sp³-hybridized carbons (Fsp3) is 0.0588. The molecule has 2 aromatic carbocycles. The highest BCUT2D eigenvalue weighted by atomic mass is 35.5. The third kappa shape index (κ3) is 4.45. The Morgan fingerprint density at radius 2 is 2.00 bits per heavy atom. The van der Waals surface area contributed by atoms with Gasteiger partial charge in [0, 0.05) is 11.1 Å². The number of carbonyl (C=O) groups is 2. The first-order valence-corrected chi connectivity index (χ1v) is 7.88. The van der Waals surface area contributed by atoms with Crippen molar-refractivity contribution < 1.29 is 23.1 Å². The maximum Gasteiger partial charge on any atom is 0.341 e. The lowest BCUT2D eigenvalue weighted by Gasteiger charge is -2.11. The molecule has 0 radical (unpaired) electrons. The number of rotatable bonds is 5. The lowest BCUT2D eigenvalue weighted by atomic mass is 10.2. The summed E-state index contributed by atoms with van der Waals surface area (Å²) in [6.07, 6.45) is 2.75. The molecule has 0 fully saturated rings. The predicted octanol–water partition coefficient (Wildman–Crippen LogP) is 2.99. The molecule has 0 atom stereocenters. The van der Waals surface area contributed by atoms with E-state index in [1.165, 1.54) is 23.4 Å². The van der Waals surface area contributed by atoms with Crippen LogP contribution in [-0.4, -0.2) is 33.2 Å². The summed E-state index contributed by atoms with van der Waals surface area (Å²) in [7, 11) is 0. The second-order valence-electron chi connectivity index (χ2n) is 5.25. The topological polar surface area (TPSA) is 86.1 Å². The molecule has 0 aliphatic heterocycles. The van der Waals surface area contributed by atoms with Crippen LogP contribution in [0.25, 0.3) is 5.69 Å². The maximum atomic E-state index is 13.6.